The van der Waals surface area contributed by atoms with Crippen LogP contribution in [-0.4, -0.2) is 32.5 Å². The van der Waals surface area contributed by atoms with Crippen molar-refractivity contribution in [3.63, 3.8) is 0 Å². The fourth-order valence-corrected chi connectivity index (χ4v) is 3.04. The lowest BCUT2D eigenvalue weighted by Crippen LogP contribution is -2.18. The molecule has 2 aromatic rings. The number of anilines is 2. The van der Waals surface area contributed by atoms with E-state index in [0.29, 0.717) is 23.0 Å². The molecule has 0 aliphatic heterocycles. The minimum Gasteiger partial charge on any atom is -0.347 e. The van der Waals surface area contributed by atoms with Gasteiger partial charge in [-0.15, -0.1) is 0 Å². The molecule has 6 nitrogen and oxygen atoms in total. The van der Waals surface area contributed by atoms with E-state index in [4.69, 9.17) is 0 Å². The summed E-state index contributed by atoms with van der Waals surface area (Å²) in [7, 11) is 0.0357. The zero-order chi connectivity index (χ0) is 15.6. The van der Waals surface area contributed by atoms with Crippen LogP contribution in [0.25, 0.3) is 0 Å². The second-order valence-corrected chi connectivity index (χ2v) is 6.56. The molecule has 0 amide bonds. The lowest BCUT2D eigenvalue weighted by molar-refractivity contribution is 0.601. The van der Waals surface area contributed by atoms with Crippen LogP contribution in [-0.2, 0) is 10.0 Å². The van der Waals surface area contributed by atoms with E-state index >= 15 is 0 Å². The standard InChI is InChI=1S/C14H18N4O2S/c1-10-13(11(2)16-14(15-10)18(3)4)17-21(19,20)12-8-6-5-7-9-12/h5-9,17H,1-4H3. The Morgan fingerprint density at radius 3 is 2.00 bits per heavy atom. The Morgan fingerprint density at radius 1 is 1.00 bits per heavy atom. The number of rotatable bonds is 4. The molecular weight excluding hydrogens is 288 g/mol. The molecule has 1 aromatic heterocycles. The van der Waals surface area contributed by atoms with E-state index in [-0.39, 0.29) is 4.90 Å². The van der Waals surface area contributed by atoms with E-state index in [0.717, 1.165) is 0 Å². The molecule has 0 spiro atoms. The first-order valence-corrected chi connectivity index (χ1v) is 7.90. The van der Waals surface area contributed by atoms with Crippen molar-refractivity contribution in [1.82, 2.24) is 9.97 Å². The summed E-state index contributed by atoms with van der Waals surface area (Å²) in [5.41, 5.74) is 1.60. The van der Waals surface area contributed by atoms with Gasteiger partial charge in [0.15, 0.2) is 0 Å². The van der Waals surface area contributed by atoms with Crippen molar-refractivity contribution in [2.24, 2.45) is 0 Å². The first-order valence-electron chi connectivity index (χ1n) is 6.41. The highest BCUT2D eigenvalue weighted by Crippen LogP contribution is 2.23. The molecular formula is C14H18N4O2S. The van der Waals surface area contributed by atoms with Crippen LogP contribution < -0.4 is 9.62 Å². The minimum atomic E-state index is -3.64. The van der Waals surface area contributed by atoms with E-state index in [1.54, 1.807) is 49.1 Å². The predicted molar refractivity (Wildman–Crippen MR) is 83.1 cm³/mol. The van der Waals surface area contributed by atoms with Gasteiger partial charge in [0.25, 0.3) is 10.0 Å². The molecule has 1 N–H and O–H groups in total. The maximum atomic E-state index is 12.3. The fourth-order valence-electron chi connectivity index (χ4n) is 1.84. The van der Waals surface area contributed by atoms with Crippen LogP contribution in [0.2, 0.25) is 0 Å². The molecule has 7 heteroatoms. The summed E-state index contributed by atoms with van der Waals surface area (Å²) in [5.74, 6) is 0.549. The molecule has 0 saturated heterocycles. The van der Waals surface area contributed by atoms with Crippen molar-refractivity contribution in [1.29, 1.82) is 0 Å². The van der Waals surface area contributed by atoms with Crippen LogP contribution in [0.5, 0.6) is 0 Å². The second kappa shape index (κ2) is 5.69. The van der Waals surface area contributed by atoms with Gasteiger partial charge in [0.05, 0.1) is 22.0 Å². The highest BCUT2D eigenvalue weighted by molar-refractivity contribution is 7.92. The van der Waals surface area contributed by atoms with Crippen LogP contribution in [0.15, 0.2) is 35.2 Å². The molecule has 0 fully saturated rings. The number of nitrogens with one attached hydrogen (secondary N) is 1. The van der Waals surface area contributed by atoms with Gasteiger partial charge in [-0.3, -0.25) is 4.72 Å². The third-order valence-electron chi connectivity index (χ3n) is 2.95. The molecule has 1 heterocycles. The average Bonchev–Trinajstić information content (AvgIpc) is 2.43. The summed E-state index contributed by atoms with van der Waals surface area (Å²) in [6, 6.07) is 8.22. The molecule has 0 unspecified atom stereocenters. The smallest absolute Gasteiger partial charge is 0.262 e. The summed E-state index contributed by atoms with van der Waals surface area (Å²) in [6.07, 6.45) is 0. The Balaban J connectivity index is 2.41. The second-order valence-electron chi connectivity index (χ2n) is 4.88. The minimum absolute atomic E-state index is 0.209. The van der Waals surface area contributed by atoms with E-state index in [1.165, 1.54) is 0 Å². The van der Waals surface area contributed by atoms with Crippen molar-refractivity contribution < 1.29 is 8.42 Å². The van der Waals surface area contributed by atoms with Crippen molar-refractivity contribution in [3.05, 3.63) is 41.7 Å². The molecule has 1 aromatic carbocycles. The molecule has 2 rings (SSSR count). The highest BCUT2D eigenvalue weighted by Gasteiger charge is 2.18. The van der Waals surface area contributed by atoms with E-state index < -0.39 is 10.0 Å². The van der Waals surface area contributed by atoms with E-state index in [1.807, 2.05) is 14.1 Å². The van der Waals surface area contributed by atoms with Crippen molar-refractivity contribution in [3.8, 4) is 0 Å². The van der Waals surface area contributed by atoms with Gasteiger partial charge in [0.1, 0.15) is 0 Å². The number of hydrogen-bond acceptors (Lipinski definition) is 5. The number of sulfonamides is 1. The Hall–Kier alpha value is -2.15. The zero-order valence-electron chi connectivity index (χ0n) is 12.5. The lowest BCUT2D eigenvalue weighted by Gasteiger charge is -2.16. The first-order chi connectivity index (χ1) is 9.81. The maximum absolute atomic E-state index is 12.3. The van der Waals surface area contributed by atoms with Crippen LogP contribution in [0.1, 0.15) is 11.4 Å². The molecule has 0 aliphatic carbocycles. The van der Waals surface area contributed by atoms with Gasteiger partial charge in [0, 0.05) is 14.1 Å². The van der Waals surface area contributed by atoms with Gasteiger partial charge < -0.3 is 4.90 Å². The number of benzene rings is 1. The molecule has 0 saturated carbocycles. The largest absolute Gasteiger partial charge is 0.347 e. The number of nitrogens with zero attached hydrogens (tertiary/aromatic N) is 3. The Bertz CT molecular complexity index is 720. The van der Waals surface area contributed by atoms with Crippen molar-refractivity contribution in [2.45, 2.75) is 18.7 Å². The molecule has 0 atom stereocenters. The van der Waals surface area contributed by atoms with E-state index in [9.17, 15) is 8.42 Å². The fraction of sp³-hybridized carbons (Fsp3) is 0.286. The van der Waals surface area contributed by atoms with Gasteiger partial charge in [-0.2, -0.15) is 0 Å². The zero-order valence-corrected chi connectivity index (χ0v) is 13.3. The van der Waals surface area contributed by atoms with Crippen LogP contribution in [0, 0.1) is 13.8 Å². The summed E-state index contributed by atoms with van der Waals surface area (Å²) >= 11 is 0. The topological polar surface area (TPSA) is 75.2 Å². The molecule has 112 valence electrons. The van der Waals surface area contributed by atoms with Crippen LogP contribution in [0.4, 0.5) is 11.6 Å². The Morgan fingerprint density at radius 2 is 1.52 bits per heavy atom. The SMILES string of the molecule is Cc1nc(N(C)C)nc(C)c1NS(=O)(=O)c1ccccc1. The van der Waals surface area contributed by atoms with Gasteiger partial charge >= 0.3 is 0 Å². The number of aryl methyl sites for hydroxylation is 2. The summed E-state index contributed by atoms with van der Waals surface area (Å²) in [6.45, 7) is 3.51. The third-order valence-corrected chi connectivity index (χ3v) is 4.31. The summed E-state index contributed by atoms with van der Waals surface area (Å²) < 4.78 is 27.3. The molecule has 21 heavy (non-hydrogen) atoms. The Kier molecular flexibility index (Phi) is 4.13. The third kappa shape index (κ3) is 3.30. The highest BCUT2D eigenvalue weighted by atomic mass is 32.2. The van der Waals surface area contributed by atoms with Gasteiger partial charge in [-0.1, -0.05) is 18.2 Å². The monoisotopic (exact) mass is 306 g/mol. The van der Waals surface area contributed by atoms with Crippen molar-refractivity contribution >= 4 is 21.7 Å². The van der Waals surface area contributed by atoms with Crippen LogP contribution >= 0.6 is 0 Å². The lowest BCUT2D eigenvalue weighted by atomic mass is 10.3. The Labute approximate surface area is 124 Å². The maximum Gasteiger partial charge on any atom is 0.262 e. The predicted octanol–water partition coefficient (Wildman–Crippen LogP) is 1.96. The molecule has 0 bridgehead atoms. The molecule has 0 aliphatic rings. The number of hydrogen-bond donors (Lipinski definition) is 1. The summed E-state index contributed by atoms with van der Waals surface area (Å²) in [4.78, 5) is 10.6. The average molecular weight is 306 g/mol. The van der Waals surface area contributed by atoms with Gasteiger partial charge in [-0.25, -0.2) is 18.4 Å². The molecule has 0 radical (unpaired) electrons. The van der Waals surface area contributed by atoms with E-state index in [2.05, 4.69) is 14.7 Å². The first kappa shape index (κ1) is 15.2. The number of aromatic nitrogens is 2. The van der Waals surface area contributed by atoms with Crippen molar-refractivity contribution in [2.75, 3.05) is 23.7 Å². The summed E-state index contributed by atoms with van der Waals surface area (Å²) in [5, 5.41) is 0. The van der Waals surface area contributed by atoms with Gasteiger partial charge in [-0.05, 0) is 26.0 Å². The van der Waals surface area contributed by atoms with Gasteiger partial charge in [0.2, 0.25) is 5.95 Å². The quantitative estimate of drug-likeness (QED) is 0.934. The normalized spacial score (nSPS) is 11.2. The van der Waals surface area contributed by atoms with Crippen LogP contribution in [0.3, 0.4) is 0 Å².